The smallest absolute Gasteiger partial charge is 0.125 e. The van der Waals surface area contributed by atoms with Gasteiger partial charge in [-0.3, -0.25) is 0 Å². The molecule has 1 aliphatic rings. The summed E-state index contributed by atoms with van der Waals surface area (Å²) in [6.07, 6.45) is 3.82. The standard InChI is InChI=1S/C12H14N2O2S/c1-8-10(12(5-15)6-16-7-12)17-11(14-8)9-2-3-13-4-9/h2-4,13,15H,5-7H2,1H3. The number of hydrogen-bond donors (Lipinski definition) is 2. The molecular formula is C12H14N2O2S. The van der Waals surface area contributed by atoms with Crippen molar-refractivity contribution in [3.8, 4) is 10.6 Å². The van der Waals surface area contributed by atoms with E-state index < -0.39 is 0 Å². The fourth-order valence-electron chi connectivity index (χ4n) is 2.11. The summed E-state index contributed by atoms with van der Waals surface area (Å²) in [5, 5.41) is 10.5. The predicted octanol–water partition coefficient (Wildman–Crippen LogP) is 1.71. The number of hydrogen-bond acceptors (Lipinski definition) is 4. The highest BCUT2D eigenvalue weighted by atomic mass is 32.1. The van der Waals surface area contributed by atoms with Gasteiger partial charge < -0.3 is 14.8 Å². The molecule has 0 aliphatic carbocycles. The van der Waals surface area contributed by atoms with Gasteiger partial charge in [0.05, 0.1) is 30.9 Å². The lowest BCUT2D eigenvalue weighted by molar-refractivity contribution is -0.0827. The van der Waals surface area contributed by atoms with Crippen molar-refractivity contribution in [1.82, 2.24) is 9.97 Å². The Morgan fingerprint density at radius 2 is 2.41 bits per heavy atom. The Kier molecular flexibility index (Phi) is 2.54. The SMILES string of the molecule is Cc1nc(-c2cc[nH]c2)sc1C1(CO)COC1. The molecule has 0 spiro atoms. The predicted molar refractivity (Wildman–Crippen MR) is 66.2 cm³/mol. The molecule has 0 bridgehead atoms. The molecule has 4 nitrogen and oxygen atoms in total. The minimum absolute atomic E-state index is 0.128. The van der Waals surface area contributed by atoms with Crippen LogP contribution in [0.15, 0.2) is 18.5 Å². The third-order valence-corrected chi connectivity index (χ3v) is 4.64. The highest BCUT2D eigenvalue weighted by molar-refractivity contribution is 7.15. The van der Waals surface area contributed by atoms with Crippen LogP contribution in [0.25, 0.3) is 10.6 Å². The molecular weight excluding hydrogens is 236 g/mol. The highest BCUT2D eigenvalue weighted by Crippen LogP contribution is 2.40. The van der Waals surface area contributed by atoms with Crippen molar-refractivity contribution in [3.63, 3.8) is 0 Å². The van der Waals surface area contributed by atoms with E-state index in [9.17, 15) is 5.11 Å². The number of aliphatic hydroxyl groups is 1. The number of aromatic nitrogens is 2. The fraction of sp³-hybridized carbons (Fsp3) is 0.417. The second-order valence-electron chi connectivity index (χ2n) is 4.46. The molecule has 1 aliphatic heterocycles. The van der Waals surface area contributed by atoms with Crippen molar-refractivity contribution in [1.29, 1.82) is 0 Å². The van der Waals surface area contributed by atoms with E-state index in [1.54, 1.807) is 11.3 Å². The van der Waals surface area contributed by atoms with Gasteiger partial charge >= 0.3 is 0 Å². The van der Waals surface area contributed by atoms with Crippen LogP contribution in [0.3, 0.4) is 0 Å². The zero-order chi connectivity index (χ0) is 11.9. The van der Waals surface area contributed by atoms with Crippen LogP contribution in [0.1, 0.15) is 10.6 Å². The summed E-state index contributed by atoms with van der Waals surface area (Å²) in [6.45, 7) is 3.32. The average Bonchev–Trinajstić information content (AvgIpc) is 2.87. The first kappa shape index (κ1) is 11.0. The molecule has 0 saturated carbocycles. The normalized spacial score (nSPS) is 18.0. The minimum atomic E-state index is -0.212. The van der Waals surface area contributed by atoms with Crippen molar-refractivity contribution in [2.45, 2.75) is 12.3 Å². The molecule has 90 valence electrons. The summed E-state index contributed by atoms with van der Waals surface area (Å²) < 4.78 is 5.25. The van der Waals surface area contributed by atoms with Gasteiger partial charge in [0, 0.05) is 22.8 Å². The lowest BCUT2D eigenvalue weighted by Crippen LogP contribution is -2.49. The van der Waals surface area contributed by atoms with E-state index in [0.717, 1.165) is 21.1 Å². The van der Waals surface area contributed by atoms with Crippen LogP contribution in [-0.2, 0) is 10.2 Å². The summed E-state index contributed by atoms with van der Waals surface area (Å²) in [4.78, 5) is 8.77. The first-order valence-corrected chi connectivity index (χ1v) is 6.36. The summed E-state index contributed by atoms with van der Waals surface area (Å²) in [6, 6.07) is 2.00. The first-order chi connectivity index (χ1) is 8.25. The third kappa shape index (κ3) is 1.62. The van der Waals surface area contributed by atoms with Crippen LogP contribution in [-0.4, -0.2) is 34.9 Å². The van der Waals surface area contributed by atoms with Gasteiger partial charge in [0.2, 0.25) is 0 Å². The van der Waals surface area contributed by atoms with E-state index in [1.807, 2.05) is 25.4 Å². The van der Waals surface area contributed by atoms with Crippen LogP contribution in [0, 0.1) is 6.92 Å². The van der Waals surface area contributed by atoms with Gasteiger partial charge in [0.15, 0.2) is 0 Å². The van der Waals surface area contributed by atoms with E-state index in [2.05, 4.69) is 9.97 Å². The van der Waals surface area contributed by atoms with E-state index in [0.29, 0.717) is 13.2 Å². The van der Waals surface area contributed by atoms with Gasteiger partial charge in [-0.25, -0.2) is 4.98 Å². The number of thiazole rings is 1. The number of nitrogens with zero attached hydrogens (tertiary/aromatic N) is 1. The van der Waals surface area contributed by atoms with Crippen molar-refractivity contribution < 1.29 is 9.84 Å². The van der Waals surface area contributed by atoms with E-state index in [-0.39, 0.29) is 12.0 Å². The van der Waals surface area contributed by atoms with Crippen LogP contribution < -0.4 is 0 Å². The Morgan fingerprint density at radius 3 is 2.94 bits per heavy atom. The second kappa shape index (κ2) is 3.94. The summed E-state index contributed by atoms with van der Waals surface area (Å²) in [5.41, 5.74) is 1.89. The molecule has 2 N–H and O–H groups in total. The molecule has 1 fully saturated rings. The molecule has 5 heteroatoms. The van der Waals surface area contributed by atoms with E-state index in [4.69, 9.17) is 4.74 Å². The molecule has 0 unspecified atom stereocenters. The van der Waals surface area contributed by atoms with Gasteiger partial charge in [-0.05, 0) is 13.0 Å². The highest BCUT2D eigenvalue weighted by Gasteiger charge is 2.42. The van der Waals surface area contributed by atoms with Crippen LogP contribution in [0.5, 0.6) is 0 Å². The molecule has 3 rings (SSSR count). The monoisotopic (exact) mass is 250 g/mol. The average molecular weight is 250 g/mol. The van der Waals surface area contributed by atoms with Gasteiger partial charge in [-0.2, -0.15) is 0 Å². The molecule has 0 amide bonds. The van der Waals surface area contributed by atoms with Gasteiger partial charge in [-0.1, -0.05) is 0 Å². The number of ether oxygens (including phenoxy) is 1. The summed E-state index contributed by atoms with van der Waals surface area (Å²) in [7, 11) is 0. The minimum Gasteiger partial charge on any atom is -0.395 e. The summed E-state index contributed by atoms with van der Waals surface area (Å²) in [5.74, 6) is 0. The zero-order valence-corrected chi connectivity index (χ0v) is 10.4. The Morgan fingerprint density at radius 1 is 1.59 bits per heavy atom. The first-order valence-electron chi connectivity index (χ1n) is 5.55. The second-order valence-corrected chi connectivity index (χ2v) is 5.46. The molecule has 17 heavy (non-hydrogen) atoms. The third-order valence-electron chi connectivity index (χ3n) is 3.18. The lowest BCUT2D eigenvalue weighted by atomic mass is 9.84. The largest absolute Gasteiger partial charge is 0.395 e. The maximum Gasteiger partial charge on any atom is 0.125 e. The van der Waals surface area contributed by atoms with E-state index in [1.165, 1.54) is 0 Å². The summed E-state index contributed by atoms with van der Waals surface area (Å²) >= 11 is 1.65. The Hall–Kier alpha value is -1.17. The molecule has 3 heterocycles. The lowest BCUT2D eigenvalue weighted by Gasteiger charge is -2.39. The maximum absolute atomic E-state index is 9.55. The Labute approximate surface area is 103 Å². The van der Waals surface area contributed by atoms with Crippen LogP contribution >= 0.6 is 11.3 Å². The molecule has 1 saturated heterocycles. The van der Waals surface area contributed by atoms with Gasteiger partial charge in [0.25, 0.3) is 0 Å². The molecule has 0 aromatic carbocycles. The number of H-pyrrole nitrogens is 1. The van der Waals surface area contributed by atoms with Crippen LogP contribution in [0.4, 0.5) is 0 Å². The number of aromatic amines is 1. The van der Waals surface area contributed by atoms with E-state index >= 15 is 0 Å². The number of aliphatic hydroxyl groups excluding tert-OH is 1. The Balaban J connectivity index is 2.02. The molecule has 0 atom stereocenters. The number of rotatable bonds is 3. The van der Waals surface area contributed by atoms with Crippen molar-refractivity contribution in [2.24, 2.45) is 0 Å². The number of nitrogens with one attached hydrogen (secondary N) is 1. The number of aryl methyl sites for hydroxylation is 1. The van der Waals surface area contributed by atoms with Crippen molar-refractivity contribution in [3.05, 3.63) is 29.0 Å². The molecule has 0 radical (unpaired) electrons. The zero-order valence-electron chi connectivity index (χ0n) is 9.56. The quantitative estimate of drug-likeness (QED) is 0.872. The van der Waals surface area contributed by atoms with Gasteiger partial charge in [0.1, 0.15) is 5.01 Å². The van der Waals surface area contributed by atoms with Crippen molar-refractivity contribution in [2.75, 3.05) is 19.8 Å². The fourth-order valence-corrected chi connectivity index (χ4v) is 3.32. The van der Waals surface area contributed by atoms with Crippen molar-refractivity contribution >= 4 is 11.3 Å². The molecule has 2 aromatic rings. The molecule has 2 aromatic heterocycles. The Bertz CT molecular complexity index is 509. The maximum atomic E-state index is 9.55. The van der Waals surface area contributed by atoms with Gasteiger partial charge in [-0.15, -0.1) is 11.3 Å². The topological polar surface area (TPSA) is 58.1 Å². The van der Waals surface area contributed by atoms with Crippen LogP contribution in [0.2, 0.25) is 0 Å².